The summed E-state index contributed by atoms with van der Waals surface area (Å²) >= 11 is 0. The molecule has 0 fully saturated rings. The number of aromatic amines is 1. The second kappa shape index (κ2) is 7.50. The Bertz CT molecular complexity index is 961. The van der Waals surface area contributed by atoms with Crippen molar-refractivity contribution in [3.63, 3.8) is 0 Å². The lowest BCUT2D eigenvalue weighted by Gasteiger charge is -2.17. The molecule has 28 heavy (non-hydrogen) atoms. The van der Waals surface area contributed by atoms with E-state index in [0.29, 0.717) is 29.1 Å². The highest BCUT2D eigenvalue weighted by Gasteiger charge is 2.26. The molecule has 1 amide bonds. The van der Waals surface area contributed by atoms with Crippen LogP contribution in [0.25, 0.3) is 0 Å². The SMILES string of the molecule is COC(=O)c1c(C)[nH]c(C(=O)[C@@H](C)Nc2ccc3c(c2)CCN3C(C)=O)c1C. The van der Waals surface area contributed by atoms with E-state index in [1.165, 1.54) is 7.11 Å². The number of amides is 1. The fourth-order valence-electron chi connectivity index (χ4n) is 3.76. The number of carbonyl (C=O) groups excluding carboxylic acids is 3. The number of ketones is 1. The third-order valence-corrected chi connectivity index (χ3v) is 5.21. The molecular formula is C21H25N3O4. The van der Waals surface area contributed by atoms with Crippen LogP contribution in [0, 0.1) is 13.8 Å². The van der Waals surface area contributed by atoms with E-state index < -0.39 is 12.0 Å². The monoisotopic (exact) mass is 383 g/mol. The first-order valence-corrected chi connectivity index (χ1v) is 9.23. The third-order valence-electron chi connectivity index (χ3n) is 5.21. The number of anilines is 2. The van der Waals surface area contributed by atoms with Crippen LogP contribution in [0.15, 0.2) is 18.2 Å². The summed E-state index contributed by atoms with van der Waals surface area (Å²) in [4.78, 5) is 41.3. The zero-order chi connectivity index (χ0) is 20.6. The van der Waals surface area contributed by atoms with Gasteiger partial charge in [0, 0.05) is 30.5 Å². The Kier molecular flexibility index (Phi) is 5.27. The molecule has 2 aromatic rings. The van der Waals surface area contributed by atoms with Crippen LogP contribution in [0.4, 0.5) is 11.4 Å². The highest BCUT2D eigenvalue weighted by molar-refractivity contribution is 6.04. The number of Topliss-reactive ketones (excluding diaryl/α,β-unsaturated/α-hetero) is 1. The minimum Gasteiger partial charge on any atom is -0.465 e. The van der Waals surface area contributed by atoms with Crippen molar-refractivity contribution in [1.82, 2.24) is 4.98 Å². The molecule has 1 aliphatic rings. The van der Waals surface area contributed by atoms with Gasteiger partial charge in [-0.05, 0) is 56.5 Å². The van der Waals surface area contributed by atoms with Gasteiger partial charge in [-0.25, -0.2) is 4.79 Å². The second-order valence-electron chi connectivity index (χ2n) is 7.11. The van der Waals surface area contributed by atoms with E-state index in [4.69, 9.17) is 4.74 Å². The standard InChI is InChI=1S/C21H25N3O4/c1-11-18(21(27)28-5)12(2)23-19(11)20(26)13(3)22-16-6-7-17-15(10-16)8-9-24(17)14(4)25/h6-7,10,13,22-23H,8-9H2,1-5H3/t13-/m1/s1. The Balaban J connectivity index is 1.79. The van der Waals surface area contributed by atoms with Crippen molar-refractivity contribution in [2.24, 2.45) is 0 Å². The summed E-state index contributed by atoms with van der Waals surface area (Å²) in [5.74, 6) is -0.567. The summed E-state index contributed by atoms with van der Waals surface area (Å²) in [6.45, 7) is 7.51. The molecule has 0 aliphatic carbocycles. The highest BCUT2D eigenvalue weighted by atomic mass is 16.5. The summed E-state index contributed by atoms with van der Waals surface area (Å²) < 4.78 is 4.80. The minimum atomic E-state index is -0.495. The van der Waals surface area contributed by atoms with E-state index in [1.54, 1.807) is 32.6 Å². The van der Waals surface area contributed by atoms with Crippen molar-refractivity contribution in [3.8, 4) is 0 Å². The molecule has 3 rings (SSSR count). The molecule has 7 nitrogen and oxygen atoms in total. The van der Waals surface area contributed by atoms with Gasteiger partial charge in [0.25, 0.3) is 0 Å². The van der Waals surface area contributed by atoms with Gasteiger partial charge in [-0.3, -0.25) is 9.59 Å². The van der Waals surface area contributed by atoms with Gasteiger partial charge in [0.2, 0.25) is 11.7 Å². The molecular weight excluding hydrogens is 358 g/mol. The molecule has 1 aromatic heterocycles. The molecule has 0 saturated carbocycles. The maximum absolute atomic E-state index is 12.9. The van der Waals surface area contributed by atoms with E-state index in [0.717, 1.165) is 23.4 Å². The summed E-state index contributed by atoms with van der Waals surface area (Å²) in [5.41, 5.74) is 4.84. The molecule has 0 spiro atoms. The summed E-state index contributed by atoms with van der Waals surface area (Å²) in [6, 6.07) is 5.26. The predicted octanol–water partition coefficient (Wildman–Crippen LogP) is 3.01. The first-order valence-electron chi connectivity index (χ1n) is 9.23. The Labute approximate surface area is 164 Å². The highest BCUT2D eigenvalue weighted by Crippen LogP contribution is 2.31. The first-order chi connectivity index (χ1) is 13.2. The Hall–Kier alpha value is -3.09. The van der Waals surface area contributed by atoms with Crippen molar-refractivity contribution < 1.29 is 19.1 Å². The van der Waals surface area contributed by atoms with Crippen molar-refractivity contribution in [3.05, 3.63) is 46.3 Å². The Morgan fingerprint density at radius 3 is 2.61 bits per heavy atom. The number of carbonyl (C=O) groups is 3. The van der Waals surface area contributed by atoms with Gasteiger partial charge in [-0.15, -0.1) is 0 Å². The van der Waals surface area contributed by atoms with E-state index in [-0.39, 0.29) is 11.7 Å². The van der Waals surface area contributed by atoms with Gasteiger partial charge in [-0.1, -0.05) is 0 Å². The van der Waals surface area contributed by atoms with Crippen LogP contribution in [0.2, 0.25) is 0 Å². The minimum absolute atomic E-state index is 0.0296. The van der Waals surface area contributed by atoms with Crippen molar-refractivity contribution in [2.75, 3.05) is 23.9 Å². The second-order valence-corrected chi connectivity index (χ2v) is 7.11. The molecule has 1 atom stereocenters. The summed E-state index contributed by atoms with van der Waals surface area (Å²) in [5, 5.41) is 3.22. The van der Waals surface area contributed by atoms with Crippen LogP contribution in [0.5, 0.6) is 0 Å². The number of methoxy groups -OCH3 is 1. The number of esters is 1. The van der Waals surface area contributed by atoms with Crippen LogP contribution in [-0.4, -0.2) is 42.3 Å². The van der Waals surface area contributed by atoms with Crippen molar-refractivity contribution >= 4 is 29.0 Å². The van der Waals surface area contributed by atoms with Gasteiger partial charge in [-0.2, -0.15) is 0 Å². The van der Waals surface area contributed by atoms with Gasteiger partial charge in [0.15, 0.2) is 0 Å². The van der Waals surface area contributed by atoms with Crippen LogP contribution in [0.3, 0.4) is 0 Å². The Morgan fingerprint density at radius 2 is 1.96 bits per heavy atom. The lowest BCUT2D eigenvalue weighted by molar-refractivity contribution is -0.116. The number of aromatic nitrogens is 1. The van der Waals surface area contributed by atoms with E-state index >= 15 is 0 Å². The molecule has 2 heterocycles. The lowest BCUT2D eigenvalue weighted by atomic mass is 10.0. The average molecular weight is 383 g/mol. The van der Waals surface area contributed by atoms with E-state index in [2.05, 4.69) is 10.3 Å². The quantitative estimate of drug-likeness (QED) is 0.612. The van der Waals surface area contributed by atoms with Crippen molar-refractivity contribution in [1.29, 1.82) is 0 Å². The van der Waals surface area contributed by atoms with E-state index in [9.17, 15) is 14.4 Å². The maximum Gasteiger partial charge on any atom is 0.339 e. The maximum atomic E-state index is 12.9. The fourth-order valence-corrected chi connectivity index (χ4v) is 3.76. The number of hydrogen-bond donors (Lipinski definition) is 2. The van der Waals surface area contributed by atoms with Crippen LogP contribution in [0.1, 0.15) is 51.5 Å². The zero-order valence-corrected chi connectivity index (χ0v) is 16.8. The number of fused-ring (bicyclic) bond motifs is 1. The molecule has 1 aliphatic heterocycles. The molecule has 2 N–H and O–H groups in total. The molecule has 0 radical (unpaired) electrons. The predicted molar refractivity (Wildman–Crippen MR) is 107 cm³/mol. The molecule has 0 unspecified atom stereocenters. The van der Waals surface area contributed by atoms with Gasteiger partial charge in [0.05, 0.1) is 24.4 Å². The number of H-pyrrole nitrogens is 1. The van der Waals surface area contributed by atoms with Crippen LogP contribution >= 0.6 is 0 Å². The molecule has 1 aromatic carbocycles. The van der Waals surface area contributed by atoms with Crippen LogP contribution < -0.4 is 10.2 Å². The number of aryl methyl sites for hydroxylation is 1. The topological polar surface area (TPSA) is 91.5 Å². The average Bonchev–Trinajstić information content (AvgIpc) is 3.20. The zero-order valence-electron chi connectivity index (χ0n) is 16.8. The number of rotatable bonds is 5. The first kappa shape index (κ1) is 19.7. The van der Waals surface area contributed by atoms with Crippen molar-refractivity contribution in [2.45, 2.75) is 40.2 Å². The van der Waals surface area contributed by atoms with Gasteiger partial charge in [0.1, 0.15) is 0 Å². The fraction of sp³-hybridized carbons (Fsp3) is 0.381. The number of hydrogen-bond acceptors (Lipinski definition) is 5. The largest absolute Gasteiger partial charge is 0.465 e. The Morgan fingerprint density at radius 1 is 1.25 bits per heavy atom. The van der Waals surface area contributed by atoms with E-state index in [1.807, 2.05) is 18.2 Å². The summed E-state index contributed by atoms with van der Waals surface area (Å²) in [7, 11) is 1.32. The molecule has 148 valence electrons. The lowest BCUT2D eigenvalue weighted by Crippen LogP contribution is -2.27. The molecule has 7 heteroatoms. The van der Waals surface area contributed by atoms with Crippen LogP contribution in [-0.2, 0) is 16.0 Å². The number of ether oxygens (including phenoxy) is 1. The normalized spacial score (nSPS) is 13.8. The third kappa shape index (κ3) is 3.40. The number of nitrogens with zero attached hydrogens (tertiary/aromatic N) is 1. The number of nitrogens with one attached hydrogen (secondary N) is 2. The smallest absolute Gasteiger partial charge is 0.339 e. The van der Waals surface area contributed by atoms with Gasteiger partial charge < -0.3 is 19.9 Å². The molecule has 0 bridgehead atoms. The summed E-state index contributed by atoms with van der Waals surface area (Å²) in [6.07, 6.45) is 0.796. The van der Waals surface area contributed by atoms with Gasteiger partial charge >= 0.3 is 5.97 Å². The molecule has 0 saturated heterocycles. The number of benzene rings is 1.